The molecule has 1 aromatic heterocycles. The molecule has 5 heterocycles. The zero-order valence-electron chi connectivity index (χ0n) is 20.6. The number of para-hydroxylation sites is 1. The quantitative estimate of drug-likeness (QED) is 0.471. The van der Waals surface area contributed by atoms with Crippen molar-refractivity contribution in [2.24, 2.45) is 11.8 Å². The number of phenolic OH excluding ortho intramolecular Hbond substituents is 1. The van der Waals surface area contributed by atoms with Gasteiger partial charge in [0.1, 0.15) is 5.75 Å². The number of likely N-dealkylation sites (N-methyl/N-ethyl adjacent to an activating group) is 1. The normalized spacial score (nSPS) is 32.4. The number of aromatic nitrogens is 1. The van der Waals surface area contributed by atoms with Crippen molar-refractivity contribution in [1.82, 2.24) is 14.8 Å². The Bertz CT molecular complexity index is 1300. The number of hydrogen-bond donors (Lipinski definition) is 3. The van der Waals surface area contributed by atoms with Crippen molar-refractivity contribution in [3.05, 3.63) is 71.9 Å². The van der Waals surface area contributed by atoms with Crippen LogP contribution in [0.4, 0.5) is 5.69 Å². The molecule has 5 atom stereocenters. The molecule has 35 heavy (non-hydrogen) atoms. The molecule has 0 saturated carbocycles. The van der Waals surface area contributed by atoms with Crippen LogP contribution in [0.2, 0.25) is 0 Å². The average molecular weight is 469 g/mol. The van der Waals surface area contributed by atoms with Gasteiger partial charge in [0.2, 0.25) is 0 Å². The molecule has 0 aliphatic carbocycles. The highest BCUT2D eigenvalue weighted by Gasteiger charge is 2.55. The summed E-state index contributed by atoms with van der Waals surface area (Å²) in [6, 6.07) is 15.7. The van der Waals surface area contributed by atoms with Crippen molar-refractivity contribution in [1.29, 1.82) is 0 Å². The minimum absolute atomic E-state index is 0.151. The van der Waals surface area contributed by atoms with Gasteiger partial charge < -0.3 is 15.4 Å². The summed E-state index contributed by atoms with van der Waals surface area (Å²) in [4.78, 5) is 9.14. The number of anilines is 1. The standard InChI is InChI=1S/C30H36N4O/c1-3-19-17-34-13-11-30(18-31-26-16-21(35)8-9-24(26)30)28(34)15-20(19)14-27-29-23(10-12-33(27)2)22-6-4-5-7-25(22)32-29/h3-9,16,19-20,27-28,31-32,35H,1,10-15,17-18H2,2H3/t19-,20-,27-,28-,30-/m0/s1. The number of fused-ring (bicyclic) bond motifs is 7. The second-order valence-corrected chi connectivity index (χ2v) is 11.4. The lowest BCUT2D eigenvalue weighted by Crippen LogP contribution is -2.51. The number of aromatic hydroxyl groups is 1. The second-order valence-electron chi connectivity index (χ2n) is 11.4. The first-order chi connectivity index (χ1) is 17.1. The molecule has 182 valence electrons. The van der Waals surface area contributed by atoms with Gasteiger partial charge in [-0.1, -0.05) is 30.3 Å². The molecular weight excluding hydrogens is 432 g/mol. The molecule has 5 heteroatoms. The Morgan fingerprint density at radius 2 is 2.09 bits per heavy atom. The Balaban J connectivity index is 1.22. The zero-order valence-corrected chi connectivity index (χ0v) is 20.6. The van der Waals surface area contributed by atoms with Crippen molar-refractivity contribution >= 4 is 16.6 Å². The summed E-state index contributed by atoms with van der Waals surface area (Å²) >= 11 is 0. The lowest BCUT2D eigenvalue weighted by molar-refractivity contribution is 0.0665. The first-order valence-electron chi connectivity index (χ1n) is 13.3. The van der Waals surface area contributed by atoms with E-state index in [4.69, 9.17) is 0 Å². The van der Waals surface area contributed by atoms with Crippen LogP contribution in [0.3, 0.4) is 0 Å². The van der Waals surface area contributed by atoms with Crippen molar-refractivity contribution in [2.75, 3.05) is 38.5 Å². The van der Waals surface area contributed by atoms with E-state index in [1.807, 2.05) is 12.1 Å². The van der Waals surface area contributed by atoms with Crippen molar-refractivity contribution in [3.8, 4) is 5.75 Å². The van der Waals surface area contributed by atoms with Gasteiger partial charge in [-0.3, -0.25) is 9.80 Å². The zero-order chi connectivity index (χ0) is 23.7. The molecule has 4 aliphatic heterocycles. The van der Waals surface area contributed by atoms with Gasteiger partial charge >= 0.3 is 0 Å². The van der Waals surface area contributed by atoms with E-state index in [9.17, 15) is 5.11 Å². The highest BCUT2D eigenvalue weighted by molar-refractivity contribution is 5.85. The Kier molecular flexibility index (Phi) is 4.84. The molecular formula is C30H36N4O. The maximum Gasteiger partial charge on any atom is 0.117 e. The molecule has 5 nitrogen and oxygen atoms in total. The summed E-state index contributed by atoms with van der Waals surface area (Å²) in [5.74, 6) is 1.48. The molecule has 0 radical (unpaired) electrons. The van der Waals surface area contributed by atoms with E-state index in [2.05, 4.69) is 70.1 Å². The van der Waals surface area contributed by atoms with Crippen LogP contribution in [-0.4, -0.2) is 59.2 Å². The molecule has 0 bridgehead atoms. The lowest BCUT2D eigenvalue weighted by Gasteiger charge is -2.46. The topological polar surface area (TPSA) is 54.5 Å². The van der Waals surface area contributed by atoms with E-state index >= 15 is 0 Å². The van der Waals surface area contributed by atoms with E-state index in [1.165, 1.54) is 47.0 Å². The van der Waals surface area contributed by atoms with Crippen LogP contribution in [0.25, 0.3) is 10.9 Å². The van der Waals surface area contributed by atoms with Crippen LogP contribution < -0.4 is 5.32 Å². The predicted molar refractivity (Wildman–Crippen MR) is 142 cm³/mol. The number of aromatic amines is 1. The van der Waals surface area contributed by atoms with E-state index in [-0.39, 0.29) is 5.41 Å². The van der Waals surface area contributed by atoms with E-state index < -0.39 is 0 Å². The van der Waals surface area contributed by atoms with Gasteiger partial charge in [-0.05, 0) is 74.4 Å². The smallest absolute Gasteiger partial charge is 0.117 e. The first-order valence-corrected chi connectivity index (χ1v) is 13.3. The minimum atomic E-state index is 0.151. The lowest BCUT2D eigenvalue weighted by atomic mass is 9.68. The maximum absolute atomic E-state index is 10.0. The number of phenols is 1. The first kappa shape index (κ1) is 21.5. The monoisotopic (exact) mass is 468 g/mol. The molecule has 2 aromatic carbocycles. The summed E-state index contributed by atoms with van der Waals surface area (Å²) < 4.78 is 0. The summed E-state index contributed by atoms with van der Waals surface area (Å²) in [6.45, 7) is 8.65. The second kappa shape index (κ2) is 7.87. The fourth-order valence-electron chi connectivity index (χ4n) is 8.03. The van der Waals surface area contributed by atoms with Crippen LogP contribution in [0.15, 0.2) is 55.1 Å². The number of rotatable bonds is 3. The largest absolute Gasteiger partial charge is 0.508 e. The van der Waals surface area contributed by atoms with E-state index in [1.54, 1.807) is 0 Å². The van der Waals surface area contributed by atoms with E-state index in [0.29, 0.717) is 29.7 Å². The molecule has 7 rings (SSSR count). The van der Waals surface area contributed by atoms with Gasteiger partial charge in [0.05, 0.1) is 6.04 Å². The van der Waals surface area contributed by atoms with Gasteiger partial charge in [0.25, 0.3) is 0 Å². The fourth-order valence-corrected chi connectivity index (χ4v) is 8.03. The SMILES string of the molecule is C=C[C@H]1CN2CC[C@@]3(CNc4cc(O)ccc43)[C@@H]2C[C@@H]1C[C@H]1c2[nH]c3ccccc3c2CCN1C. The van der Waals surface area contributed by atoms with Crippen molar-refractivity contribution in [2.45, 2.75) is 43.2 Å². The highest BCUT2D eigenvalue weighted by atomic mass is 16.3. The molecule has 3 N–H and O–H groups in total. The molecule has 2 fully saturated rings. The number of nitrogens with zero attached hydrogens (tertiary/aromatic N) is 2. The van der Waals surface area contributed by atoms with Crippen molar-refractivity contribution < 1.29 is 5.11 Å². The number of nitrogens with one attached hydrogen (secondary N) is 2. The Morgan fingerprint density at radius 3 is 2.97 bits per heavy atom. The third kappa shape index (κ3) is 3.14. The average Bonchev–Trinajstić information content (AvgIpc) is 3.54. The van der Waals surface area contributed by atoms with Gasteiger partial charge in [-0.15, -0.1) is 6.58 Å². The summed E-state index contributed by atoms with van der Waals surface area (Å²) in [7, 11) is 2.30. The summed E-state index contributed by atoms with van der Waals surface area (Å²) in [5, 5.41) is 15.1. The Morgan fingerprint density at radius 1 is 1.20 bits per heavy atom. The van der Waals surface area contributed by atoms with Gasteiger partial charge in [0.15, 0.2) is 0 Å². The number of benzene rings is 2. The number of piperidine rings is 1. The number of H-pyrrole nitrogens is 1. The maximum atomic E-state index is 10.0. The summed E-state index contributed by atoms with van der Waals surface area (Å²) in [6.07, 6.45) is 6.92. The molecule has 2 saturated heterocycles. The predicted octanol–water partition coefficient (Wildman–Crippen LogP) is 5.05. The van der Waals surface area contributed by atoms with Crippen molar-refractivity contribution in [3.63, 3.8) is 0 Å². The van der Waals surface area contributed by atoms with Gasteiger partial charge in [-0.25, -0.2) is 0 Å². The Hall–Kier alpha value is -2.76. The van der Waals surface area contributed by atoms with Crippen LogP contribution >= 0.6 is 0 Å². The third-order valence-electron chi connectivity index (χ3n) is 9.89. The fraction of sp³-hybridized carbons (Fsp3) is 0.467. The van der Waals surface area contributed by atoms with Crippen LogP contribution in [0.5, 0.6) is 5.75 Å². The minimum Gasteiger partial charge on any atom is -0.508 e. The molecule has 0 amide bonds. The van der Waals surface area contributed by atoms with Crippen LogP contribution in [0.1, 0.15) is 42.1 Å². The highest BCUT2D eigenvalue weighted by Crippen LogP contribution is 2.53. The van der Waals surface area contributed by atoms with Crippen LogP contribution in [0, 0.1) is 11.8 Å². The molecule has 4 aliphatic rings. The van der Waals surface area contributed by atoms with Gasteiger partial charge in [0, 0.05) is 59.4 Å². The molecule has 1 spiro atoms. The third-order valence-corrected chi connectivity index (χ3v) is 9.89. The summed E-state index contributed by atoms with van der Waals surface area (Å²) in [5.41, 5.74) is 6.94. The molecule has 3 aromatic rings. The van der Waals surface area contributed by atoms with Crippen LogP contribution in [-0.2, 0) is 11.8 Å². The number of hydrogen-bond acceptors (Lipinski definition) is 4. The molecule has 0 unspecified atom stereocenters. The Labute approximate surface area is 207 Å². The van der Waals surface area contributed by atoms with E-state index in [0.717, 1.165) is 38.3 Å². The van der Waals surface area contributed by atoms with Gasteiger partial charge in [-0.2, -0.15) is 0 Å².